The van der Waals surface area contributed by atoms with Crippen molar-refractivity contribution in [2.45, 2.75) is 40.5 Å². The first kappa shape index (κ1) is 12.7. The molecule has 0 aliphatic rings. The Balaban J connectivity index is 2.94. The lowest BCUT2D eigenvalue weighted by atomic mass is 9.95. The van der Waals surface area contributed by atoms with Crippen LogP contribution >= 0.6 is 0 Å². The van der Waals surface area contributed by atoms with Crippen molar-refractivity contribution in [2.24, 2.45) is 5.41 Å². The van der Waals surface area contributed by atoms with Gasteiger partial charge in [-0.1, -0.05) is 40.7 Å². The van der Waals surface area contributed by atoms with Gasteiger partial charge < -0.3 is 5.32 Å². The van der Waals surface area contributed by atoms with E-state index in [9.17, 15) is 4.79 Å². The lowest BCUT2D eigenvalue weighted by Gasteiger charge is -2.19. The Morgan fingerprint density at radius 1 is 1.38 bits per heavy atom. The van der Waals surface area contributed by atoms with Gasteiger partial charge in [0.1, 0.15) is 5.82 Å². The number of anilines is 1. The lowest BCUT2D eigenvalue weighted by Crippen LogP contribution is -2.28. The highest BCUT2D eigenvalue weighted by Crippen LogP contribution is 2.23. The molecule has 16 heavy (non-hydrogen) atoms. The van der Waals surface area contributed by atoms with Crippen molar-refractivity contribution in [3.63, 3.8) is 0 Å². The van der Waals surface area contributed by atoms with Gasteiger partial charge in [-0.15, -0.1) is 0 Å². The second-order valence-corrected chi connectivity index (χ2v) is 5.30. The molecule has 3 nitrogen and oxygen atoms in total. The summed E-state index contributed by atoms with van der Waals surface area (Å²) in [6, 6.07) is 3.89. The van der Waals surface area contributed by atoms with Crippen molar-refractivity contribution in [1.29, 1.82) is 0 Å². The van der Waals surface area contributed by atoms with Gasteiger partial charge in [-0.05, 0) is 17.5 Å². The summed E-state index contributed by atoms with van der Waals surface area (Å²) in [4.78, 5) is 16.1. The lowest BCUT2D eigenvalue weighted by molar-refractivity contribution is -0.123. The van der Waals surface area contributed by atoms with Crippen molar-refractivity contribution >= 4 is 11.7 Å². The molecule has 1 aromatic rings. The maximum atomic E-state index is 11.9. The van der Waals surface area contributed by atoms with E-state index in [-0.39, 0.29) is 5.91 Å². The van der Waals surface area contributed by atoms with Crippen LogP contribution in [-0.4, -0.2) is 10.9 Å². The molecule has 1 aromatic heterocycles. The molecule has 0 fully saturated rings. The van der Waals surface area contributed by atoms with E-state index in [1.807, 2.05) is 32.9 Å². The molecular formula is C13H20N2O. The standard InChI is InChI=1S/C13H20N2O/c1-9(2)10-7-6-8-14-11(10)15-12(16)13(3,4)5/h6-9H,1-5H3,(H,14,15,16). The number of carbonyl (C=O) groups excluding carboxylic acids is 1. The number of hydrogen-bond donors (Lipinski definition) is 1. The fraction of sp³-hybridized carbons (Fsp3) is 0.538. The van der Waals surface area contributed by atoms with Crippen LogP contribution in [0.4, 0.5) is 5.82 Å². The zero-order valence-corrected chi connectivity index (χ0v) is 10.7. The van der Waals surface area contributed by atoms with E-state index in [4.69, 9.17) is 0 Å². The number of nitrogens with one attached hydrogen (secondary N) is 1. The van der Waals surface area contributed by atoms with Gasteiger partial charge in [0.2, 0.25) is 5.91 Å². The van der Waals surface area contributed by atoms with Gasteiger partial charge in [0.15, 0.2) is 0 Å². The van der Waals surface area contributed by atoms with Crippen LogP contribution < -0.4 is 5.32 Å². The molecule has 1 rings (SSSR count). The highest BCUT2D eigenvalue weighted by Gasteiger charge is 2.22. The summed E-state index contributed by atoms with van der Waals surface area (Å²) >= 11 is 0. The molecule has 1 heterocycles. The third-order valence-corrected chi connectivity index (χ3v) is 2.37. The topological polar surface area (TPSA) is 42.0 Å². The first-order valence-electron chi connectivity index (χ1n) is 5.58. The summed E-state index contributed by atoms with van der Waals surface area (Å²) in [5.74, 6) is 1.02. The fourth-order valence-electron chi connectivity index (χ4n) is 1.28. The number of rotatable bonds is 2. The molecule has 0 aliphatic carbocycles. The minimum absolute atomic E-state index is 0.00639. The molecule has 0 unspecified atom stereocenters. The van der Waals surface area contributed by atoms with E-state index in [1.165, 1.54) is 0 Å². The molecule has 3 heteroatoms. The molecule has 0 atom stereocenters. The predicted octanol–water partition coefficient (Wildman–Crippen LogP) is 3.19. The first-order valence-corrected chi connectivity index (χ1v) is 5.58. The number of nitrogens with zero attached hydrogens (tertiary/aromatic N) is 1. The molecule has 0 saturated carbocycles. The zero-order chi connectivity index (χ0) is 12.3. The van der Waals surface area contributed by atoms with Gasteiger partial charge in [0.05, 0.1) is 0 Å². The molecule has 1 amide bonds. The Labute approximate surface area is 97.3 Å². The third-order valence-electron chi connectivity index (χ3n) is 2.37. The molecule has 0 spiro atoms. The minimum Gasteiger partial charge on any atom is -0.310 e. The largest absolute Gasteiger partial charge is 0.310 e. The molecule has 0 aliphatic heterocycles. The van der Waals surface area contributed by atoms with Gasteiger partial charge in [-0.2, -0.15) is 0 Å². The number of carbonyl (C=O) groups is 1. The Hall–Kier alpha value is -1.38. The highest BCUT2D eigenvalue weighted by atomic mass is 16.2. The fourth-order valence-corrected chi connectivity index (χ4v) is 1.28. The van der Waals surface area contributed by atoms with Crippen LogP contribution in [0.25, 0.3) is 0 Å². The first-order chi connectivity index (χ1) is 7.32. The molecule has 0 saturated heterocycles. The second-order valence-electron chi connectivity index (χ2n) is 5.30. The summed E-state index contributed by atoms with van der Waals surface area (Å²) in [5.41, 5.74) is 0.672. The summed E-state index contributed by atoms with van der Waals surface area (Å²) in [5, 5.41) is 2.88. The average molecular weight is 220 g/mol. The maximum absolute atomic E-state index is 11.9. The van der Waals surface area contributed by atoms with E-state index in [2.05, 4.69) is 24.1 Å². The van der Waals surface area contributed by atoms with Crippen LogP contribution in [0.15, 0.2) is 18.3 Å². The summed E-state index contributed by atoms with van der Waals surface area (Å²) in [6.45, 7) is 9.84. The predicted molar refractivity (Wildman–Crippen MR) is 66.4 cm³/mol. The van der Waals surface area contributed by atoms with Crippen molar-refractivity contribution in [1.82, 2.24) is 4.98 Å². The summed E-state index contributed by atoms with van der Waals surface area (Å²) < 4.78 is 0. The number of aromatic nitrogens is 1. The second kappa shape index (κ2) is 4.64. The van der Waals surface area contributed by atoms with Gasteiger partial charge in [-0.3, -0.25) is 4.79 Å². The van der Waals surface area contributed by atoms with Crippen LogP contribution in [0.2, 0.25) is 0 Å². The molecule has 88 valence electrons. The van der Waals surface area contributed by atoms with Crippen LogP contribution in [0.3, 0.4) is 0 Å². The number of pyridine rings is 1. The molecule has 0 radical (unpaired) electrons. The van der Waals surface area contributed by atoms with Crippen molar-refractivity contribution in [3.8, 4) is 0 Å². The Morgan fingerprint density at radius 3 is 2.50 bits per heavy atom. The van der Waals surface area contributed by atoms with E-state index in [0.717, 1.165) is 5.56 Å². The van der Waals surface area contributed by atoms with Crippen molar-refractivity contribution in [2.75, 3.05) is 5.32 Å². The Bertz CT molecular complexity index is 378. The zero-order valence-electron chi connectivity index (χ0n) is 10.7. The van der Waals surface area contributed by atoms with Crippen LogP contribution in [0, 0.1) is 5.41 Å². The quantitative estimate of drug-likeness (QED) is 0.831. The highest BCUT2D eigenvalue weighted by molar-refractivity contribution is 5.94. The SMILES string of the molecule is CC(C)c1cccnc1NC(=O)C(C)(C)C. The van der Waals surface area contributed by atoms with E-state index >= 15 is 0 Å². The van der Waals surface area contributed by atoms with Gasteiger partial charge in [0, 0.05) is 11.6 Å². The third kappa shape index (κ3) is 3.05. The van der Waals surface area contributed by atoms with Crippen molar-refractivity contribution in [3.05, 3.63) is 23.9 Å². The Kier molecular flexibility index (Phi) is 3.68. The van der Waals surface area contributed by atoms with Crippen LogP contribution in [0.5, 0.6) is 0 Å². The van der Waals surface area contributed by atoms with E-state index in [1.54, 1.807) is 6.20 Å². The smallest absolute Gasteiger partial charge is 0.230 e. The number of hydrogen-bond acceptors (Lipinski definition) is 2. The van der Waals surface area contributed by atoms with Crippen molar-refractivity contribution < 1.29 is 4.79 Å². The Morgan fingerprint density at radius 2 is 2.00 bits per heavy atom. The van der Waals surface area contributed by atoms with Crippen LogP contribution in [-0.2, 0) is 4.79 Å². The van der Waals surface area contributed by atoms with Gasteiger partial charge in [-0.25, -0.2) is 4.98 Å². The minimum atomic E-state index is -0.397. The molecule has 0 aromatic carbocycles. The normalized spacial score (nSPS) is 11.6. The summed E-state index contributed by atoms with van der Waals surface area (Å²) in [7, 11) is 0. The van der Waals surface area contributed by atoms with E-state index < -0.39 is 5.41 Å². The molecule has 0 bridgehead atoms. The van der Waals surface area contributed by atoms with Gasteiger partial charge >= 0.3 is 0 Å². The molecule has 1 N–H and O–H groups in total. The van der Waals surface area contributed by atoms with Gasteiger partial charge in [0.25, 0.3) is 0 Å². The number of amides is 1. The summed E-state index contributed by atoms with van der Waals surface area (Å²) in [6.07, 6.45) is 1.70. The molecular weight excluding hydrogens is 200 g/mol. The van der Waals surface area contributed by atoms with Crippen LogP contribution in [0.1, 0.15) is 46.1 Å². The maximum Gasteiger partial charge on any atom is 0.230 e. The monoisotopic (exact) mass is 220 g/mol. The van der Waals surface area contributed by atoms with E-state index in [0.29, 0.717) is 11.7 Å². The average Bonchev–Trinajstić information content (AvgIpc) is 2.16.